The Hall–Kier alpha value is -1.07. The highest BCUT2D eigenvalue weighted by atomic mass is 32.2. The highest BCUT2D eigenvalue weighted by Crippen LogP contribution is 2.32. The molecule has 0 saturated carbocycles. The van der Waals surface area contributed by atoms with Crippen LogP contribution in [0.15, 0.2) is 18.3 Å². The third kappa shape index (κ3) is 2.69. The SMILES string of the molecule is c1cnc2c(c1)nc(CC1CCNC1)n2C1CCSCC1. The van der Waals surface area contributed by atoms with Gasteiger partial charge < -0.3 is 9.88 Å². The Labute approximate surface area is 129 Å². The molecular formula is C16H22N4S. The van der Waals surface area contributed by atoms with E-state index < -0.39 is 0 Å². The van der Waals surface area contributed by atoms with Gasteiger partial charge in [-0.25, -0.2) is 9.97 Å². The lowest BCUT2D eigenvalue weighted by molar-refractivity contribution is 0.444. The Morgan fingerprint density at radius 3 is 3.00 bits per heavy atom. The van der Waals surface area contributed by atoms with Gasteiger partial charge in [0.2, 0.25) is 0 Å². The van der Waals surface area contributed by atoms with E-state index in [4.69, 9.17) is 4.98 Å². The van der Waals surface area contributed by atoms with Crippen LogP contribution in [-0.2, 0) is 6.42 Å². The number of fused-ring (bicyclic) bond motifs is 1. The summed E-state index contributed by atoms with van der Waals surface area (Å²) in [5.41, 5.74) is 2.16. The number of imidazole rings is 1. The fourth-order valence-electron chi connectivity index (χ4n) is 3.59. The fraction of sp³-hybridized carbons (Fsp3) is 0.625. The molecule has 2 saturated heterocycles. The van der Waals surface area contributed by atoms with Crippen LogP contribution < -0.4 is 5.32 Å². The van der Waals surface area contributed by atoms with E-state index in [0.29, 0.717) is 6.04 Å². The molecule has 1 atom stereocenters. The standard InChI is InChI=1S/C16H22N4S/c1-2-14-16(18-6-1)20(13-4-8-21-9-5-13)15(19-14)10-12-3-7-17-11-12/h1-2,6,12-13,17H,3-5,7-11H2. The Morgan fingerprint density at radius 1 is 1.29 bits per heavy atom. The maximum absolute atomic E-state index is 4.92. The minimum atomic E-state index is 0.593. The summed E-state index contributed by atoms with van der Waals surface area (Å²) in [5, 5.41) is 3.47. The van der Waals surface area contributed by atoms with Crippen LogP contribution in [0.4, 0.5) is 0 Å². The minimum Gasteiger partial charge on any atom is -0.316 e. The van der Waals surface area contributed by atoms with Crippen molar-refractivity contribution in [1.29, 1.82) is 0 Å². The van der Waals surface area contributed by atoms with Crippen molar-refractivity contribution in [2.45, 2.75) is 31.7 Å². The number of pyridine rings is 1. The monoisotopic (exact) mass is 302 g/mol. The van der Waals surface area contributed by atoms with Gasteiger partial charge in [-0.2, -0.15) is 11.8 Å². The normalized spacial score (nSPS) is 23.9. The second-order valence-corrected chi connectivity index (χ2v) is 7.38. The number of hydrogen-bond acceptors (Lipinski definition) is 4. The number of hydrogen-bond donors (Lipinski definition) is 1. The van der Waals surface area contributed by atoms with Crippen LogP contribution in [0.3, 0.4) is 0 Å². The molecule has 2 aromatic rings. The molecule has 4 heterocycles. The molecule has 5 heteroatoms. The first-order valence-corrected chi connectivity index (χ1v) is 9.17. The maximum Gasteiger partial charge on any atom is 0.160 e. The van der Waals surface area contributed by atoms with E-state index >= 15 is 0 Å². The molecule has 112 valence electrons. The van der Waals surface area contributed by atoms with Gasteiger partial charge in [-0.1, -0.05) is 0 Å². The number of thioether (sulfide) groups is 1. The second-order valence-electron chi connectivity index (χ2n) is 6.15. The van der Waals surface area contributed by atoms with Gasteiger partial charge in [0.25, 0.3) is 0 Å². The van der Waals surface area contributed by atoms with Gasteiger partial charge in [0, 0.05) is 18.7 Å². The number of aromatic nitrogens is 3. The molecular weight excluding hydrogens is 280 g/mol. The van der Waals surface area contributed by atoms with Crippen molar-refractivity contribution in [2.75, 3.05) is 24.6 Å². The summed E-state index contributed by atoms with van der Waals surface area (Å²) < 4.78 is 2.47. The molecule has 0 aliphatic carbocycles. The van der Waals surface area contributed by atoms with Gasteiger partial charge in [0.1, 0.15) is 11.3 Å². The summed E-state index contributed by atoms with van der Waals surface area (Å²) in [6.07, 6.45) is 6.77. The molecule has 0 aromatic carbocycles. The Bertz CT molecular complexity index is 612. The zero-order chi connectivity index (χ0) is 14.1. The van der Waals surface area contributed by atoms with Gasteiger partial charge >= 0.3 is 0 Å². The molecule has 2 aromatic heterocycles. The number of nitrogens with one attached hydrogen (secondary N) is 1. The Kier molecular flexibility index (Phi) is 3.86. The van der Waals surface area contributed by atoms with Gasteiger partial charge in [-0.15, -0.1) is 0 Å². The largest absolute Gasteiger partial charge is 0.316 e. The van der Waals surface area contributed by atoms with Crippen molar-refractivity contribution in [3.63, 3.8) is 0 Å². The highest BCUT2D eigenvalue weighted by molar-refractivity contribution is 7.99. The summed E-state index contributed by atoms with van der Waals surface area (Å²) in [4.78, 5) is 9.55. The van der Waals surface area contributed by atoms with Crippen LogP contribution in [0.5, 0.6) is 0 Å². The van der Waals surface area contributed by atoms with Crippen molar-refractivity contribution in [3.05, 3.63) is 24.2 Å². The molecule has 2 fully saturated rings. The summed E-state index contributed by atoms with van der Waals surface area (Å²) in [6, 6.07) is 4.69. The van der Waals surface area contributed by atoms with Crippen molar-refractivity contribution in [1.82, 2.24) is 19.9 Å². The molecule has 0 radical (unpaired) electrons. The summed E-state index contributed by atoms with van der Waals surface area (Å²) in [6.45, 7) is 2.29. The summed E-state index contributed by atoms with van der Waals surface area (Å²) in [5.74, 6) is 4.52. The predicted octanol–water partition coefficient (Wildman–Crippen LogP) is 2.65. The minimum absolute atomic E-state index is 0.593. The summed E-state index contributed by atoms with van der Waals surface area (Å²) in [7, 11) is 0. The topological polar surface area (TPSA) is 42.7 Å². The lowest BCUT2D eigenvalue weighted by atomic mass is 10.0. The molecule has 1 unspecified atom stereocenters. The van der Waals surface area contributed by atoms with Crippen LogP contribution >= 0.6 is 11.8 Å². The molecule has 2 aliphatic heterocycles. The quantitative estimate of drug-likeness (QED) is 0.946. The van der Waals surface area contributed by atoms with Crippen LogP contribution in [0, 0.1) is 5.92 Å². The van der Waals surface area contributed by atoms with Gasteiger partial charge in [0.15, 0.2) is 5.65 Å². The van der Waals surface area contributed by atoms with Gasteiger partial charge in [0.05, 0.1) is 0 Å². The number of nitrogens with zero attached hydrogens (tertiary/aromatic N) is 3. The molecule has 0 bridgehead atoms. The Balaban J connectivity index is 1.72. The van der Waals surface area contributed by atoms with E-state index in [0.717, 1.165) is 36.6 Å². The van der Waals surface area contributed by atoms with Crippen LogP contribution in [0.25, 0.3) is 11.2 Å². The van der Waals surface area contributed by atoms with Gasteiger partial charge in [-0.05, 0) is 61.9 Å². The molecule has 4 nitrogen and oxygen atoms in total. The predicted molar refractivity (Wildman–Crippen MR) is 87.8 cm³/mol. The molecule has 0 spiro atoms. The van der Waals surface area contributed by atoms with Crippen molar-refractivity contribution < 1.29 is 0 Å². The lowest BCUT2D eigenvalue weighted by Gasteiger charge is -2.25. The van der Waals surface area contributed by atoms with E-state index in [9.17, 15) is 0 Å². The second kappa shape index (κ2) is 5.97. The van der Waals surface area contributed by atoms with Crippen LogP contribution in [0.2, 0.25) is 0 Å². The molecule has 21 heavy (non-hydrogen) atoms. The molecule has 4 rings (SSSR count). The van der Waals surface area contributed by atoms with E-state index in [1.165, 1.54) is 36.6 Å². The van der Waals surface area contributed by atoms with Crippen molar-refractivity contribution in [3.8, 4) is 0 Å². The van der Waals surface area contributed by atoms with E-state index in [1.807, 2.05) is 12.3 Å². The zero-order valence-electron chi connectivity index (χ0n) is 12.3. The number of rotatable bonds is 3. The van der Waals surface area contributed by atoms with Crippen molar-refractivity contribution >= 4 is 22.9 Å². The molecule has 2 aliphatic rings. The average Bonchev–Trinajstić information content (AvgIpc) is 3.15. The van der Waals surface area contributed by atoms with E-state index in [2.05, 4.69) is 32.7 Å². The van der Waals surface area contributed by atoms with E-state index in [1.54, 1.807) is 0 Å². The zero-order valence-corrected chi connectivity index (χ0v) is 13.1. The molecule has 0 amide bonds. The third-order valence-electron chi connectivity index (χ3n) is 4.71. The highest BCUT2D eigenvalue weighted by Gasteiger charge is 2.25. The lowest BCUT2D eigenvalue weighted by Crippen LogP contribution is -2.20. The van der Waals surface area contributed by atoms with Gasteiger partial charge in [-0.3, -0.25) is 0 Å². The Morgan fingerprint density at radius 2 is 2.19 bits per heavy atom. The third-order valence-corrected chi connectivity index (χ3v) is 5.76. The van der Waals surface area contributed by atoms with Crippen LogP contribution in [0.1, 0.15) is 31.1 Å². The molecule has 1 N–H and O–H groups in total. The average molecular weight is 302 g/mol. The first-order valence-electron chi connectivity index (χ1n) is 8.02. The maximum atomic E-state index is 4.92. The summed E-state index contributed by atoms with van der Waals surface area (Å²) >= 11 is 2.08. The smallest absolute Gasteiger partial charge is 0.160 e. The fourth-order valence-corrected chi connectivity index (χ4v) is 4.68. The first-order chi connectivity index (χ1) is 10.4. The first kappa shape index (κ1) is 13.6. The van der Waals surface area contributed by atoms with E-state index in [-0.39, 0.29) is 0 Å². The van der Waals surface area contributed by atoms with Crippen LogP contribution in [-0.4, -0.2) is 39.1 Å². The van der Waals surface area contributed by atoms with Crippen molar-refractivity contribution in [2.24, 2.45) is 5.92 Å².